The van der Waals surface area contributed by atoms with E-state index in [0.717, 1.165) is 72.4 Å². The highest BCUT2D eigenvalue weighted by Crippen LogP contribution is 2.33. The predicted molar refractivity (Wildman–Crippen MR) is 153 cm³/mol. The highest BCUT2D eigenvalue weighted by atomic mass is 32.1. The van der Waals surface area contributed by atoms with Crippen LogP contribution >= 0.6 is 11.3 Å². The highest BCUT2D eigenvalue weighted by Gasteiger charge is 2.29. The van der Waals surface area contributed by atoms with Gasteiger partial charge in [-0.2, -0.15) is 5.26 Å². The van der Waals surface area contributed by atoms with Crippen LogP contribution in [-0.2, 0) is 13.0 Å². The Morgan fingerprint density at radius 2 is 1.97 bits per heavy atom. The number of fused-ring (bicyclic) bond motifs is 2. The first-order valence-electron chi connectivity index (χ1n) is 12.8. The van der Waals surface area contributed by atoms with Crippen molar-refractivity contribution in [2.45, 2.75) is 25.8 Å². The van der Waals surface area contributed by atoms with Crippen LogP contribution in [0.25, 0.3) is 10.9 Å². The molecule has 0 radical (unpaired) electrons. The van der Waals surface area contributed by atoms with E-state index in [4.69, 9.17) is 0 Å². The van der Waals surface area contributed by atoms with E-state index in [2.05, 4.69) is 42.5 Å². The molecule has 6 rings (SSSR count). The van der Waals surface area contributed by atoms with E-state index in [-0.39, 0.29) is 5.91 Å². The molecule has 2 aromatic carbocycles. The van der Waals surface area contributed by atoms with Crippen molar-refractivity contribution in [3.8, 4) is 6.19 Å². The van der Waals surface area contributed by atoms with Gasteiger partial charge in [0.15, 0.2) is 0 Å². The first kappa shape index (κ1) is 23.9. The minimum Gasteiger partial charge on any atom is -0.380 e. The zero-order chi connectivity index (χ0) is 25.9. The van der Waals surface area contributed by atoms with Crippen LogP contribution in [-0.4, -0.2) is 41.4 Å². The van der Waals surface area contributed by atoms with Crippen LogP contribution in [0.5, 0.6) is 0 Å². The number of amides is 1. The SMILES string of the molecule is N#CN=C(N1CCCC1)N1CCc2ccc(NC(=O)c3sccc3NCc3ccnc4ccccc34)cc21. The molecule has 1 fully saturated rings. The highest BCUT2D eigenvalue weighted by molar-refractivity contribution is 7.12. The number of rotatable bonds is 5. The maximum Gasteiger partial charge on any atom is 0.267 e. The summed E-state index contributed by atoms with van der Waals surface area (Å²) in [6.07, 6.45) is 6.89. The molecule has 0 spiro atoms. The van der Waals surface area contributed by atoms with Crippen molar-refractivity contribution in [1.82, 2.24) is 9.88 Å². The van der Waals surface area contributed by atoms with Crippen LogP contribution in [0.1, 0.15) is 33.6 Å². The average Bonchev–Trinajstić information content (AvgIpc) is 3.72. The minimum atomic E-state index is -0.156. The number of likely N-dealkylation sites (tertiary alicyclic amines) is 1. The van der Waals surface area contributed by atoms with Crippen LogP contribution < -0.4 is 15.5 Å². The zero-order valence-electron chi connectivity index (χ0n) is 20.9. The van der Waals surface area contributed by atoms with Gasteiger partial charge in [-0.15, -0.1) is 16.3 Å². The molecule has 8 nitrogen and oxygen atoms in total. The number of anilines is 3. The summed E-state index contributed by atoms with van der Waals surface area (Å²) in [5, 5.41) is 18.9. The van der Waals surface area contributed by atoms with Gasteiger partial charge in [-0.25, -0.2) is 0 Å². The second-order valence-corrected chi connectivity index (χ2v) is 10.3. The van der Waals surface area contributed by atoms with Gasteiger partial charge >= 0.3 is 0 Å². The molecule has 1 saturated heterocycles. The maximum absolute atomic E-state index is 13.3. The molecule has 0 saturated carbocycles. The Balaban J connectivity index is 1.18. The van der Waals surface area contributed by atoms with Gasteiger partial charge in [0.2, 0.25) is 12.2 Å². The Morgan fingerprint density at radius 1 is 1.11 bits per heavy atom. The van der Waals surface area contributed by atoms with Gasteiger partial charge < -0.3 is 20.4 Å². The van der Waals surface area contributed by atoms with Crippen molar-refractivity contribution in [3.63, 3.8) is 0 Å². The molecule has 2 N–H and O–H groups in total. The van der Waals surface area contributed by atoms with E-state index in [0.29, 0.717) is 17.4 Å². The zero-order valence-corrected chi connectivity index (χ0v) is 21.7. The molecule has 4 heterocycles. The number of hydrogen-bond donors (Lipinski definition) is 2. The normalized spacial score (nSPS) is 15.0. The van der Waals surface area contributed by atoms with Crippen LogP contribution in [0, 0.1) is 11.5 Å². The molecule has 2 aromatic heterocycles. The monoisotopic (exact) mass is 521 g/mol. The van der Waals surface area contributed by atoms with Gasteiger partial charge in [0.1, 0.15) is 4.88 Å². The Kier molecular flexibility index (Phi) is 6.63. The maximum atomic E-state index is 13.3. The number of nitrogens with one attached hydrogen (secondary N) is 2. The van der Waals surface area contributed by atoms with Gasteiger partial charge in [-0.05, 0) is 66.1 Å². The fourth-order valence-electron chi connectivity index (χ4n) is 5.24. The smallest absolute Gasteiger partial charge is 0.267 e. The number of nitrogens with zero attached hydrogens (tertiary/aromatic N) is 5. The number of benzene rings is 2. The molecule has 0 unspecified atom stereocenters. The summed E-state index contributed by atoms with van der Waals surface area (Å²) in [5.74, 6) is 0.553. The topological polar surface area (TPSA) is 96.7 Å². The van der Waals surface area contributed by atoms with Crippen molar-refractivity contribution < 1.29 is 4.79 Å². The Hall–Kier alpha value is -4.42. The van der Waals surface area contributed by atoms with E-state index in [1.807, 2.05) is 60.2 Å². The van der Waals surface area contributed by atoms with Crippen molar-refractivity contribution in [3.05, 3.63) is 82.2 Å². The van der Waals surface area contributed by atoms with E-state index < -0.39 is 0 Å². The first-order valence-corrected chi connectivity index (χ1v) is 13.7. The molecule has 0 aliphatic carbocycles. The lowest BCUT2D eigenvalue weighted by atomic mass is 10.1. The molecule has 1 amide bonds. The standard InChI is InChI=1S/C29H27N7OS/c30-19-33-29(35-13-3-4-14-35)36-15-10-20-7-8-22(17-26(20)36)34-28(37)27-25(11-16-38-27)32-18-21-9-12-31-24-6-2-1-5-23(21)24/h1-2,5-9,11-12,16-17,32H,3-4,10,13-15,18H2,(H,34,37). The third-order valence-corrected chi connectivity index (χ3v) is 8.01. The quantitative estimate of drug-likeness (QED) is 0.206. The number of nitriles is 1. The number of hydrogen-bond acceptors (Lipinski definition) is 6. The van der Waals surface area contributed by atoms with Gasteiger partial charge in [0.25, 0.3) is 5.91 Å². The summed E-state index contributed by atoms with van der Waals surface area (Å²) in [7, 11) is 0. The average molecular weight is 522 g/mol. The third kappa shape index (κ3) is 4.66. The lowest BCUT2D eigenvalue weighted by Crippen LogP contribution is -2.42. The molecule has 2 aliphatic heterocycles. The second kappa shape index (κ2) is 10.5. The molecule has 4 aromatic rings. The second-order valence-electron chi connectivity index (χ2n) is 9.41. The minimum absolute atomic E-state index is 0.156. The molecule has 2 aliphatic rings. The van der Waals surface area contributed by atoms with Crippen LogP contribution in [0.2, 0.25) is 0 Å². The summed E-state index contributed by atoms with van der Waals surface area (Å²) in [4.78, 5) is 26.8. The number of guanidine groups is 1. The summed E-state index contributed by atoms with van der Waals surface area (Å²) in [6, 6.07) is 18.0. The number of pyridine rings is 1. The Bertz CT molecular complexity index is 1560. The lowest BCUT2D eigenvalue weighted by molar-refractivity contribution is 0.103. The van der Waals surface area contributed by atoms with Gasteiger partial charge in [-0.3, -0.25) is 9.78 Å². The van der Waals surface area contributed by atoms with Gasteiger partial charge in [0.05, 0.1) is 11.2 Å². The fourth-order valence-corrected chi connectivity index (χ4v) is 6.01. The van der Waals surface area contributed by atoms with E-state index in [1.165, 1.54) is 16.9 Å². The number of para-hydroxylation sites is 1. The Morgan fingerprint density at radius 3 is 2.84 bits per heavy atom. The van der Waals surface area contributed by atoms with Crippen molar-refractivity contribution in [1.29, 1.82) is 5.26 Å². The predicted octanol–water partition coefficient (Wildman–Crippen LogP) is 5.46. The van der Waals surface area contributed by atoms with Gasteiger partial charge in [0, 0.05) is 49.1 Å². The Labute approximate surface area is 225 Å². The number of carbonyl (C=O) groups excluding carboxylic acids is 1. The van der Waals surface area contributed by atoms with Crippen LogP contribution in [0.4, 0.5) is 17.1 Å². The fraction of sp³-hybridized carbons (Fsp3) is 0.241. The molecule has 190 valence electrons. The molecule has 0 atom stereocenters. The van der Waals surface area contributed by atoms with Crippen molar-refractivity contribution >= 4 is 51.2 Å². The molecular weight excluding hydrogens is 494 g/mol. The summed E-state index contributed by atoms with van der Waals surface area (Å²) >= 11 is 1.41. The van der Waals surface area contributed by atoms with Crippen LogP contribution in [0.3, 0.4) is 0 Å². The van der Waals surface area contributed by atoms with E-state index >= 15 is 0 Å². The molecule has 0 bridgehead atoms. The summed E-state index contributed by atoms with van der Waals surface area (Å²) in [6.45, 7) is 3.18. The third-order valence-electron chi connectivity index (χ3n) is 7.10. The summed E-state index contributed by atoms with van der Waals surface area (Å²) < 4.78 is 0. The summed E-state index contributed by atoms with van der Waals surface area (Å²) in [5.41, 5.74) is 5.79. The number of thiophene rings is 1. The van der Waals surface area contributed by atoms with Crippen molar-refractivity contribution in [2.75, 3.05) is 35.2 Å². The molecule has 38 heavy (non-hydrogen) atoms. The molecular formula is C29H27N7OS. The van der Waals surface area contributed by atoms with E-state index in [1.54, 1.807) is 0 Å². The lowest BCUT2D eigenvalue weighted by Gasteiger charge is -2.28. The number of aliphatic imine (C=N–C) groups is 1. The largest absolute Gasteiger partial charge is 0.380 e. The van der Waals surface area contributed by atoms with Crippen LogP contribution in [0.15, 0.2) is 71.2 Å². The first-order chi connectivity index (χ1) is 18.7. The number of carbonyl (C=O) groups is 1. The molecule has 9 heteroatoms. The van der Waals surface area contributed by atoms with Gasteiger partial charge in [-0.1, -0.05) is 24.3 Å². The number of aromatic nitrogens is 1. The van der Waals surface area contributed by atoms with Crippen molar-refractivity contribution in [2.24, 2.45) is 4.99 Å². The van der Waals surface area contributed by atoms with E-state index in [9.17, 15) is 10.1 Å².